The Labute approximate surface area is 69.8 Å². The van der Waals surface area contributed by atoms with E-state index in [-0.39, 0.29) is 12.6 Å². The molecule has 1 atom stereocenters. The fraction of sp³-hybridized carbons (Fsp3) is 0.429. The van der Waals surface area contributed by atoms with Crippen molar-refractivity contribution >= 4 is 11.6 Å². The minimum absolute atomic E-state index is 0.0734. The summed E-state index contributed by atoms with van der Waals surface area (Å²) in [5.41, 5.74) is 6.46. The topological polar surface area (TPSA) is 59.4 Å². The first-order chi connectivity index (χ1) is 5.24. The van der Waals surface area contributed by atoms with E-state index in [1.165, 1.54) is 6.26 Å². The summed E-state index contributed by atoms with van der Waals surface area (Å²) in [5, 5.41) is 8.89. The number of furan rings is 1. The van der Waals surface area contributed by atoms with Crippen molar-refractivity contribution in [3.63, 3.8) is 0 Å². The Morgan fingerprint density at radius 3 is 2.91 bits per heavy atom. The summed E-state index contributed by atoms with van der Waals surface area (Å²) < 4.78 is 4.84. The molecule has 1 unspecified atom stereocenters. The number of aliphatic hydroxyl groups is 1. The van der Waals surface area contributed by atoms with Crippen LogP contribution in [0.5, 0.6) is 0 Å². The predicted octanol–water partition coefficient (Wildman–Crippen LogP) is 1.32. The SMILES string of the molecule is NC(CCO)c1coc(Cl)c1. The zero-order valence-electron chi connectivity index (χ0n) is 5.96. The van der Waals surface area contributed by atoms with Crippen LogP contribution in [-0.4, -0.2) is 11.7 Å². The number of halogens is 1. The van der Waals surface area contributed by atoms with E-state index >= 15 is 0 Å². The highest BCUT2D eigenvalue weighted by atomic mass is 35.5. The van der Waals surface area contributed by atoms with Gasteiger partial charge in [0.25, 0.3) is 0 Å². The van der Waals surface area contributed by atoms with Crippen LogP contribution in [0.3, 0.4) is 0 Å². The maximum atomic E-state index is 8.56. The summed E-state index contributed by atoms with van der Waals surface area (Å²) in [5.74, 6) is 0. The van der Waals surface area contributed by atoms with E-state index in [9.17, 15) is 0 Å². The van der Waals surface area contributed by atoms with Gasteiger partial charge in [-0.25, -0.2) is 0 Å². The molecule has 3 nitrogen and oxygen atoms in total. The van der Waals surface area contributed by atoms with Crippen LogP contribution in [0, 0.1) is 0 Å². The number of hydrogen-bond acceptors (Lipinski definition) is 3. The molecule has 1 rings (SSSR count). The molecule has 0 radical (unpaired) electrons. The lowest BCUT2D eigenvalue weighted by atomic mass is 10.1. The van der Waals surface area contributed by atoms with Gasteiger partial charge in [-0.2, -0.15) is 0 Å². The Morgan fingerprint density at radius 1 is 1.73 bits per heavy atom. The zero-order chi connectivity index (χ0) is 8.27. The van der Waals surface area contributed by atoms with Gasteiger partial charge >= 0.3 is 0 Å². The quantitative estimate of drug-likeness (QED) is 0.729. The monoisotopic (exact) mass is 175 g/mol. The van der Waals surface area contributed by atoms with Gasteiger partial charge in [-0.3, -0.25) is 0 Å². The average molecular weight is 176 g/mol. The molecule has 0 saturated heterocycles. The number of hydrogen-bond donors (Lipinski definition) is 2. The van der Waals surface area contributed by atoms with Crippen LogP contribution in [-0.2, 0) is 0 Å². The Morgan fingerprint density at radius 2 is 2.45 bits per heavy atom. The third-order valence-electron chi connectivity index (χ3n) is 1.46. The van der Waals surface area contributed by atoms with E-state index in [0.717, 1.165) is 5.56 Å². The Balaban J connectivity index is 2.60. The van der Waals surface area contributed by atoms with Crippen LogP contribution in [0.1, 0.15) is 18.0 Å². The summed E-state index contributed by atoms with van der Waals surface area (Å²) in [7, 11) is 0. The molecule has 1 aromatic rings. The summed E-state index contributed by atoms with van der Waals surface area (Å²) in [6, 6.07) is 1.47. The first-order valence-corrected chi connectivity index (χ1v) is 3.72. The molecule has 0 aromatic carbocycles. The van der Waals surface area contributed by atoms with Crippen LogP contribution in [0.2, 0.25) is 5.22 Å². The molecule has 1 aromatic heterocycles. The summed E-state index contributed by atoms with van der Waals surface area (Å²) in [6.45, 7) is 0.0734. The van der Waals surface area contributed by atoms with Crippen molar-refractivity contribution < 1.29 is 9.52 Å². The minimum atomic E-state index is -0.184. The molecule has 0 amide bonds. The summed E-state index contributed by atoms with van der Waals surface area (Å²) in [4.78, 5) is 0. The van der Waals surface area contributed by atoms with Crippen molar-refractivity contribution in [2.75, 3.05) is 6.61 Å². The summed E-state index contributed by atoms with van der Waals surface area (Å²) >= 11 is 5.52. The number of rotatable bonds is 3. The first-order valence-electron chi connectivity index (χ1n) is 3.34. The van der Waals surface area contributed by atoms with E-state index < -0.39 is 0 Å². The van der Waals surface area contributed by atoms with E-state index in [2.05, 4.69) is 0 Å². The highest BCUT2D eigenvalue weighted by Crippen LogP contribution is 2.19. The molecular formula is C7H10ClNO2. The Hall–Kier alpha value is -0.510. The van der Waals surface area contributed by atoms with Gasteiger partial charge in [0.05, 0.1) is 6.26 Å². The largest absolute Gasteiger partial charge is 0.453 e. The molecule has 4 heteroatoms. The van der Waals surface area contributed by atoms with Crippen molar-refractivity contribution in [2.24, 2.45) is 5.73 Å². The number of nitrogens with two attached hydrogens (primary N) is 1. The van der Waals surface area contributed by atoms with Gasteiger partial charge < -0.3 is 15.3 Å². The van der Waals surface area contributed by atoms with E-state index in [1.807, 2.05) is 0 Å². The second-order valence-corrected chi connectivity index (χ2v) is 2.68. The molecule has 0 aliphatic rings. The minimum Gasteiger partial charge on any atom is -0.453 e. The van der Waals surface area contributed by atoms with Gasteiger partial charge in [-0.1, -0.05) is 0 Å². The van der Waals surface area contributed by atoms with Crippen molar-refractivity contribution in [3.8, 4) is 0 Å². The lowest BCUT2D eigenvalue weighted by Crippen LogP contribution is -2.10. The van der Waals surface area contributed by atoms with E-state index in [4.69, 9.17) is 26.9 Å². The van der Waals surface area contributed by atoms with Crippen LogP contribution < -0.4 is 5.73 Å². The number of aliphatic hydroxyl groups excluding tert-OH is 1. The van der Waals surface area contributed by atoms with E-state index in [1.54, 1.807) is 6.07 Å². The van der Waals surface area contributed by atoms with Crippen molar-refractivity contribution in [1.82, 2.24) is 0 Å². The third-order valence-corrected chi connectivity index (χ3v) is 1.65. The first kappa shape index (κ1) is 8.59. The molecule has 3 N–H and O–H groups in total. The fourth-order valence-corrected chi connectivity index (χ4v) is 0.994. The molecule has 0 fully saturated rings. The normalized spacial score (nSPS) is 13.4. The lowest BCUT2D eigenvalue weighted by Gasteiger charge is -2.04. The van der Waals surface area contributed by atoms with E-state index in [0.29, 0.717) is 11.6 Å². The van der Waals surface area contributed by atoms with Gasteiger partial charge in [-0.15, -0.1) is 0 Å². The van der Waals surface area contributed by atoms with Crippen molar-refractivity contribution in [3.05, 3.63) is 23.1 Å². The van der Waals surface area contributed by atoms with Crippen LogP contribution in [0.4, 0.5) is 0 Å². The molecule has 0 bridgehead atoms. The van der Waals surface area contributed by atoms with Crippen molar-refractivity contribution in [2.45, 2.75) is 12.5 Å². The third kappa shape index (κ3) is 2.22. The van der Waals surface area contributed by atoms with Gasteiger partial charge in [0.15, 0.2) is 5.22 Å². The molecule has 0 saturated carbocycles. The molecule has 0 aliphatic carbocycles. The van der Waals surface area contributed by atoms with Gasteiger partial charge in [0.1, 0.15) is 0 Å². The molecule has 0 spiro atoms. The van der Waals surface area contributed by atoms with Gasteiger partial charge in [-0.05, 0) is 18.0 Å². The van der Waals surface area contributed by atoms with Crippen LogP contribution in [0.15, 0.2) is 16.7 Å². The maximum Gasteiger partial charge on any atom is 0.193 e. The standard InChI is InChI=1S/C7H10ClNO2/c8-7-3-5(4-11-7)6(9)1-2-10/h3-4,6,10H,1-2,9H2. The van der Waals surface area contributed by atoms with Gasteiger partial charge in [0, 0.05) is 24.3 Å². The maximum absolute atomic E-state index is 8.56. The highest BCUT2D eigenvalue weighted by molar-refractivity contribution is 6.28. The van der Waals surface area contributed by atoms with Crippen molar-refractivity contribution in [1.29, 1.82) is 0 Å². The summed E-state index contributed by atoms with van der Waals surface area (Å²) in [6.07, 6.45) is 2.03. The Bertz CT molecular complexity index is 224. The lowest BCUT2D eigenvalue weighted by molar-refractivity contribution is 0.276. The molecular weight excluding hydrogens is 166 g/mol. The second kappa shape index (κ2) is 3.76. The fourth-order valence-electron chi connectivity index (χ4n) is 0.824. The molecule has 0 aliphatic heterocycles. The second-order valence-electron chi connectivity index (χ2n) is 2.30. The smallest absolute Gasteiger partial charge is 0.193 e. The molecule has 1 heterocycles. The van der Waals surface area contributed by atoms with Gasteiger partial charge in [0.2, 0.25) is 0 Å². The average Bonchev–Trinajstić information content (AvgIpc) is 2.36. The Kier molecular flexibility index (Phi) is 2.93. The highest BCUT2D eigenvalue weighted by Gasteiger charge is 2.07. The molecule has 11 heavy (non-hydrogen) atoms. The van der Waals surface area contributed by atoms with Crippen LogP contribution in [0.25, 0.3) is 0 Å². The van der Waals surface area contributed by atoms with Crippen LogP contribution >= 0.6 is 11.6 Å². The zero-order valence-corrected chi connectivity index (χ0v) is 6.71. The predicted molar refractivity (Wildman–Crippen MR) is 42.3 cm³/mol. The molecule has 62 valence electrons.